The van der Waals surface area contributed by atoms with Crippen molar-refractivity contribution in [1.82, 2.24) is 0 Å². The van der Waals surface area contributed by atoms with Crippen LogP contribution in [0.3, 0.4) is 0 Å². The van der Waals surface area contributed by atoms with Crippen LogP contribution in [0.5, 0.6) is 0 Å². The van der Waals surface area contributed by atoms with Crippen molar-refractivity contribution >= 4 is 0 Å². The van der Waals surface area contributed by atoms with E-state index >= 15 is 0 Å². The van der Waals surface area contributed by atoms with E-state index < -0.39 is 0 Å². The van der Waals surface area contributed by atoms with E-state index in [2.05, 4.69) is 34.6 Å². The van der Waals surface area contributed by atoms with E-state index in [-0.39, 0.29) is 0 Å². The van der Waals surface area contributed by atoms with Gasteiger partial charge in [-0.25, -0.2) is 0 Å². The Morgan fingerprint density at radius 1 is 0.667 bits per heavy atom. The van der Waals surface area contributed by atoms with Crippen molar-refractivity contribution in [2.24, 2.45) is 41.4 Å². The summed E-state index contributed by atoms with van der Waals surface area (Å²) in [4.78, 5) is 0. The molecule has 2 aliphatic rings. The zero-order valence-electron chi connectivity index (χ0n) is 11.2. The third-order valence-electron chi connectivity index (χ3n) is 5.58. The zero-order chi connectivity index (χ0) is 11.2. The molecule has 0 radical (unpaired) electrons. The maximum absolute atomic E-state index is 2.51. The molecule has 0 aliphatic heterocycles. The first-order valence-electron chi connectivity index (χ1n) is 7.00. The Labute approximate surface area is 95.8 Å². The summed E-state index contributed by atoms with van der Waals surface area (Å²) in [5.74, 6) is 6.91. The highest BCUT2D eigenvalue weighted by Crippen LogP contribution is 2.52. The summed E-state index contributed by atoms with van der Waals surface area (Å²) >= 11 is 0. The van der Waals surface area contributed by atoms with Crippen molar-refractivity contribution < 1.29 is 0 Å². The van der Waals surface area contributed by atoms with Crippen LogP contribution in [0.1, 0.15) is 53.9 Å². The Morgan fingerprint density at radius 2 is 1.33 bits per heavy atom. The Hall–Kier alpha value is 0. The summed E-state index contributed by atoms with van der Waals surface area (Å²) in [7, 11) is 0. The van der Waals surface area contributed by atoms with Crippen LogP contribution in [-0.4, -0.2) is 0 Å². The molecular weight excluding hydrogens is 180 g/mol. The van der Waals surface area contributed by atoms with Gasteiger partial charge in [0.25, 0.3) is 0 Å². The van der Waals surface area contributed by atoms with E-state index in [9.17, 15) is 0 Å². The second-order valence-electron chi connectivity index (χ2n) is 6.84. The van der Waals surface area contributed by atoms with E-state index in [1.807, 2.05) is 0 Å². The fourth-order valence-electron chi connectivity index (χ4n) is 4.81. The van der Waals surface area contributed by atoms with E-state index in [0.29, 0.717) is 0 Å². The predicted molar refractivity (Wildman–Crippen MR) is 66.7 cm³/mol. The number of hydrogen-bond donors (Lipinski definition) is 0. The Balaban J connectivity index is 2.18. The zero-order valence-corrected chi connectivity index (χ0v) is 11.2. The fourth-order valence-corrected chi connectivity index (χ4v) is 4.81. The maximum atomic E-state index is 2.51. The molecule has 0 aromatic carbocycles. The van der Waals surface area contributed by atoms with Gasteiger partial charge in [-0.3, -0.25) is 0 Å². The summed E-state index contributed by atoms with van der Waals surface area (Å²) < 4.78 is 0. The second-order valence-corrected chi connectivity index (χ2v) is 6.84. The maximum Gasteiger partial charge on any atom is -0.0329 e. The van der Waals surface area contributed by atoms with Gasteiger partial charge in [-0.1, -0.05) is 34.6 Å². The van der Waals surface area contributed by atoms with E-state index in [1.165, 1.54) is 19.3 Å². The second kappa shape index (κ2) is 4.11. The lowest BCUT2D eigenvalue weighted by molar-refractivity contribution is -0.0218. The molecule has 0 spiro atoms. The van der Waals surface area contributed by atoms with Crippen LogP contribution in [0.15, 0.2) is 0 Å². The van der Waals surface area contributed by atoms with Gasteiger partial charge in [-0.15, -0.1) is 0 Å². The summed E-state index contributed by atoms with van der Waals surface area (Å²) in [6.07, 6.45) is 4.46. The van der Waals surface area contributed by atoms with Gasteiger partial charge >= 0.3 is 0 Å². The van der Waals surface area contributed by atoms with E-state index in [0.717, 1.165) is 41.4 Å². The molecule has 0 nitrogen and oxygen atoms in total. The van der Waals surface area contributed by atoms with Crippen LogP contribution in [0.4, 0.5) is 0 Å². The third-order valence-corrected chi connectivity index (χ3v) is 5.58. The highest BCUT2D eigenvalue weighted by Gasteiger charge is 2.44. The summed E-state index contributed by atoms with van der Waals surface area (Å²) in [6, 6.07) is 0. The minimum Gasteiger partial charge on any atom is -0.0625 e. The molecule has 0 aromatic rings. The van der Waals surface area contributed by atoms with Gasteiger partial charge in [0.1, 0.15) is 0 Å². The highest BCUT2D eigenvalue weighted by atomic mass is 14.5. The SMILES string of the molecule is CC1CC(C)C2C(C)C(C)CC(C)C2C1. The molecule has 0 amide bonds. The van der Waals surface area contributed by atoms with Crippen LogP contribution >= 0.6 is 0 Å². The molecular formula is C15H28. The Bertz CT molecular complexity index is 220. The van der Waals surface area contributed by atoms with Crippen LogP contribution in [-0.2, 0) is 0 Å². The lowest BCUT2D eigenvalue weighted by Crippen LogP contribution is -2.44. The quantitative estimate of drug-likeness (QED) is 0.546. The minimum atomic E-state index is 0.956. The summed E-state index contributed by atoms with van der Waals surface area (Å²) in [6.45, 7) is 12.5. The topological polar surface area (TPSA) is 0 Å². The molecule has 0 N–H and O–H groups in total. The van der Waals surface area contributed by atoms with Gasteiger partial charge in [-0.2, -0.15) is 0 Å². The molecule has 7 atom stereocenters. The first-order chi connectivity index (χ1) is 7.00. The third kappa shape index (κ3) is 1.97. The minimum absolute atomic E-state index is 0.956. The van der Waals surface area contributed by atoms with Gasteiger partial charge in [0.15, 0.2) is 0 Å². The molecule has 7 unspecified atom stereocenters. The Morgan fingerprint density at radius 3 is 2.00 bits per heavy atom. The first-order valence-corrected chi connectivity index (χ1v) is 7.00. The van der Waals surface area contributed by atoms with Gasteiger partial charge in [0, 0.05) is 0 Å². The first kappa shape index (κ1) is 11.5. The number of hydrogen-bond acceptors (Lipinski definition) is 0. The van der Waals surface area contributed by atoms with Crippen LogP contribution < -0.4 is 0 Å². The normalized spacial score (nSPS) is 56.2. The largest absolute Gasteiger partial charge is 0.0625 e. The molecule has 2 rings (SSSR count). The van der Waals surface area contributed by atoms with Crippen molar-refractivity contribution in [1.29, 1.82) is 0 Å². The van der Waals surface area contributed by atoms with Crippen molar-refractivity contribution in [2.75, 3.05) is 0 Å². The highest BCUT2D eigenvalue weighted by molar-refractivity contribution is 4.93. The van der Waals surface area contributed by atoms with Crippen LogP contribution in [0.25, 0.3) is 0 Å². The van der Waals surface area contributed by atoms with Crippen LogP contribution in [0, 0.1) is 41.4 Å². The van der Waals surface area contributed by atoms with E-state index in [4.69, 9.17) is 0 Å². The standard InChI is InChI=1S/C15H28/c1-9-6-12(4)15-13(5)10(2)8-11(3)14(15)7-9/h9-15H,6-8H2,1-5H3. The molecule has 2 saturated carbocycles. The molecule has 15 heavy (non-hydrogen) atoms. The van der Waals surface area contributed by atoms with Gasteiger partial charge in [0.2, 0.25) is 0 Å². The lowest BCUT2D eigenvalue weighted by Gasteiger charge is -2.51. The number of rotatable bonds is 0. The molecule has 88 valence electrons. The van der Waals surface area contributed by atoms with Crippen molar-refractivity contribution in [3.05, 3.63) is 0 Å². The van der Waals surface area contributed by atoms with Crippen molar-refractivity contribution in [3.8, 4) is 0 Å². The van der Waals surface area contributed by atoms with Gasteiger partial charge in [0.05, 0.1) is 0 Å². The molecule has 0 saturated heterocycles. The lowest BCUT2D eigenvalue weighted by atomic mass is 9.54. The summed E-state index contributed by atoms with van der Waals surface area (Å²) in [5, 5.41) is 0. The van der Waals surface area contributed by atoms with Crippen molar-refractivity contribution in [2.45, 2.75) is 53.9 Å². The fraction of sp³-hybridized carbons (Fsp3) is 1.00. The predicted octanol–water partition coefficient (Wildman–Crippen LogP) is 4.60. The van der Waals surface area contributed by atoms with Crippen molar-refractivity contribution in [3.63, 3.8) is 0 Å². The molecule has 0 heterocycles. The summed E-state index contributed by atoms with van der Waals surface area (Å²) in [5.41, 5.74) is 0. The number of fused-ring (bicyclic) bond motifs is 1. The molecule has 2 fully saturated rings. The smallest absolute Gasteiger partial charge is 0.0329 e. The van der Waals surface area contributed by atoms with Gasteiger partial charge < -0.3 is 0 Å². The average Bonchev–Trinajstić information content (AvgIpc) is 2.13. The van der Waals surface area contributed by atoms with E-state index in [1.54, 1.807) is 0 Å². The molecule has 0 aromatic heterocycles. The monoisotopic (exact) mass is 208 g/mol. The Kier molecular flexibility index (Phi) is 3.14. The average molecular weight is 208 g/mol. The molecule has 0 bridgehead atoms. The molecule has 2 aliphatic carbocycles. The molecule has 0 heteroatoms. The van der Waals surface area contributed by atoms with Gasteiger partial charge in [-0.05, 0) is 60.7 Å². The van der Waals surface area contributed by atoms with Crippen LogP contribution in [0.2, 0.25) is 0 Å².